The predicted octanol–water partition coefficient (Wildman–Crippen LogP) is 3.46. The van der Waals surface area contributed by atoms with Gasteiger partial charge in [0.2, 0.25) is 0 Å². The molecule has 0 unspecified atom stereocenters. The summed E-state index contributed by atoms with van der Waals surface area (Å²) in [6.07, 6.45) is 0.758. The summed E-state index contributed by atoms with van der Waals surface area (Å²) in [6, 6.07) is 2.85. The van der Waals surface area contributed by atoms with Crippen molar-refractivity contribution in [2.24, 2.45) is 0 Å². The molecule has 2 aromatic rings. The Morgan fingerprint density at radius 3 is 2.92 bits per heavy atom. The molecule has 1 heterocycles. The van der Waals surface area contributed by atoms with E-state index >= 15 is 0 Å². The van der Waals surface area contributed by atoms with Gasteiger partial charge in [0.05, 0.1) is 0 Å². The number of aldehydes is 1. The molecule has 4 heteroatoms. The Labute approximate surface area is 91.7 Å². The fourth-order valence-electron chi connectivity index (χ4n) is 1.19. The van der Waals surface area contributed by atoms with Crippen molar-refractivity contribution in [2.75, 3.05) is 0 Å². The van der Waals surface area contributed by atoms with E-state index in [1.165, 1.54) is 23.5 Å². The normalized spacial score (nSPS) is 10.6. The molecule has 0 saturated carbocycles. The van der Waals surface area contributed by atoms with Crippen molar-refractivity contribution in [3.05, 3.63) is 32.5 Å². The van der Waals surface area contributed by atoms with E-state index in [4.69, 9.17) is 0 Å². The Morgan fingerprint density at radius 2 is 2.23 bits per heavy atom. The Balaban J connectivity index is 2.95. The van der Waals surface area contributed by atoms with Crippen LogP contribution in [0.5, 0.6) is 0 Å². The summed E-state index contributed by atoms with van der Waals surface area (Å²) in [5.74, 6) is -0.258. The third kappa shape index (κ3) is 1.38. The van der Waals surface area contributed by atoms with Crippen LogP contribution in [0.4, 0.5) is 4.39 Å². The van der Waals surface area contributed by atoms with Crippen LogP contribution in [0, 0.1) is 9.39 Å². The van der Waals surface area contributed by atoms with E-state index < -0.39 is 0 Å². The van der Waals surface area contributed by atoms with Gasteiger partial charge in [-0.15, -0.1) is 11.3 Å². The van der Waals surface area contributed by atoms with E-state index in [-0.39, 0.29) is 5.82 Å². The molecule has 0 saturated heterocycles. The molecule has 1 nitrogen and oxygen atoms in total. The number of hydrogen-bond acceptors (Lipinski definition) is 2. The van der Waals surface area contributed by atoms with Gasteiger partial charge < -0.3 is 0 Å². The van der Waals surface area contributed by atoms with Crippen LogP contribution in [0.3, 0.4) is 0 Å². The van der Waals surface area contributed by atoms with Gasteiger partial charge in [0.1, 0.15) is 5.82 Å². The molecular formula is C9H4FIOS. The van der Waals surface area contributed by atoms with Crippen LogP contribution in [-0.2, 0) is 0 Å². The highest BCUT2D eigenvalue weighted by atomic mass is 127. The number of thiophene rings is 1. The minimum Gasteiger partial charge on any atom is -0.298 e. The lowest BCUT2D eigenvalue weighted by atomic mass is 10.2. The van der Waals surface area contributed by atoms with Crippen LogP contribution in [0.1, 0.15) is 10.4 Å². The minimum absolute atomic E-state index is 0.258. The van der Waals surface area contributed by atoms with E-state index in [2.05, 4.69) is 22.6 Å². The molecular weight excluding hydrogens is 302 g/mol. The van der Waals surface area contributed by atoms with Gasteiger partial charge in [0.25, 0.3) is 0 Å². The number of rotatable bonds is 1. The van der Waals surface area contributed by atoms with Crippen LogP contribution in [0.25, 0.3) is 10.1 Å². The molecule has 1 aromatic carbocycles. The van der Waals surface area contributed by atoms with Crippen molar-refractivity contribution in [2.45, 2.75) is 0 Å². The first-order valence-corrected chi connectivity index (χ1v) is 5.50. The molecule has 0 aliphatic carbocycles. The molecule has 0 spiro atoms. The first kappa shape index (κ1) is 9.08. The SMILES string of the molecule is O=Cc1ccc(F)c2c(I)csc12. The second-order valence-corrected chi connectivity index (χ2v) is 4.58. The van der Waals surface area contributed by atoms with Crippen molar-refractivity contribution >= 4 is 50.3 Å². The Bertz CT molecular complexity index is 478. The zero-order valence-corrected chi connectivity index (χ0v) is 9.36. The van der Waals surface area contributed by atoms with Gasteiger partial charge in [-0.1, -0.05) is 0 Å². The van der Waals surface area contributed by atoms with E-state index in [1.54, 1.807) is 0 Å². The topological polar surface area (TPSA) is 17.1 Å². The van der Waals surface area contributed by atoms with Gasteiger partial charge in [0, 0.05) is 24.6 Å². The monoisotopic (exact) mass is 306 g/mol. The van der Waals surface area contributed by atoms with Crippen LogP contribution < -0.4 is 0 Å². The van der Waals surface area contributed by atoms with Gasteiger partial charge in [-0.3, -0.25) is 4.79 Å². The Kier molecular flexibility index (Phi) is 2.33. The highest BCUT2D eigenvalue weighted by molar-refractivity contribution is 14.1. The highest BCUT2D eigenvalue weighted by Crippen LogP contribution is 2.31. The second kappa shape index (κ2) is 3.34. The number of halogens is 2. The van der Waals surface area contributed by atoms with Crippen LogP contribution in [-0.4, -0.2) is 6.29 Å². The van der Waals surface area contributed by atoms with Crippen LogP contribution >= 0.6 is 33.9 Å². The Hall–Kier alpha value is -0.490. The molecule has 0 amide bonds. The molecule has 0 N–H and O–H groups in total. The number of benzene rings is 1. The number of fused-ring (bicyclic) bond motifs is 1. The second-order valence-electron chi connectivity index (χ2n) is 2.54. The van der Waals surface area contributed by atoms with E-state index in [0.717, 1.165) is 14.6 Å². The van der Waals surface area contributed by atoms with E-state index in [9.17, 15) is 9.18 Å². The molecule has 0 radical (unpaired) electrons. The molecule has 2 rings (SSSR count). The van der Waals surface area contributed by atoms with Gasteiger partial charge in [0.15, 0.2) is 6.29 Å². The molecule has 1 aromatic heterocycles. The predicted molar refractivity (Wildman–Crippen MR) is 59.9 cm³/mol. The summed E-state index contributed by atoms with van der Waals surface area (Å²) in [6.45, 7) is 0. The molecule has 0 atom stereocenters. The molecule has 0 aliphatic heterocycles. The lowest BCUT2D eigenvalue weighted by Gasteiger charge is -1.95. The molecule has 0 aliphatic rings. The van der Waals surface area contributed by atoms with Gasteiger partial charge in [-0.05, 0) is 34.7 Å². The largest absolute Gasteiger partial charge is 0.298 e. The van der Waals surface area contributed by atoms with Crippen molar-refractivity contribution in [1.29, 1.82) is 0 Å². The average molecular weight is 306 g/mol. The zero-order valence-electron chi connectivity index (χ0n) is 6.38. The standard InChI is InChI=1S/C9H4FIOS/c10-6-2-1-5(3-12)9-8(6)7(11)4-13-9/h1-4H. The Morgan fingerprint density at radius 1 is 1.46 bits per heavy atom. The van der Waals surface area contributed by atoms with Crippen molar-refractivity contribution in [1.82, 2.24) is 0 Å². The first-order chi connectivity index (χ1) is 6.24. The molecule has 66 valence electrons. The van der Waals surface area contributed by atoms with Crippen molar-refractivity contribution in [3.63, 3.8) is 0 Å². The summed E-state index contributed by atoms with van der Waals surface area (Å²) >= 11 is 3.47. The summed E-state index contributed by atoms with van der Waals surface area (Å²) in [5, 5.41) is 2.41. The summed E-state index contributed by atoms with van der Waals surface area (Å²) < 4.78 is 14.9. The number of carbonyl (C=O) groups excluding carboxylic acids is 1. The van der Waals surface area contributed by atoms with E-state index in [1.807, 2.05) is 5.38 Å². The smallest absolute Gasteiger partial charge is 0.151 e. The summed E-state index contributed by atoms with van der Waals surface area (Å²) in [7, 11) is 0. The molecule has 13 heavy (non-hydrogen) atoms. The van der Waals surface area contributed by atoms with Gasteiger partial charge in [-0.25, -0.2) is 4.39 Å². The molecule has 0 fully saturated rings. The quantitative estimate of drug-likeness (QED) is 0.582. The number of carbonyl (C=O) groups is 1. The zero-order chi connectivity index (χ0) is 9.42. The summed E-state index contributed by atoms with van der Waals surface area (Å²) in [4.78, 5) is 10.6. The lowest BCUT2D eigenvalue weighted by Crippen LogP contribution is -1.83. The molecule has 0 bridgehead atoms. The maximum Gasteiger partial charge on any atom is 0.151 e. The van der Waals surface area contributed by atoms with Crippen LogP contribution in [0.15, 0.2) is 17.5 Å². The fraction of sp³-hybridized carbons (Fsp3) is 0. The number of hydrogen-bond donors (Lipinski definition) is 0. The lowest BCUT2D eigenvalue weighted by molar-refractivity contribution is 0.112. The van der Waals surface area contributed by atoms with E-state index in [0.29, 0.717) is 10.9 Å². The fourth-order valence-corrected chi connectivity index (χ4v) is 3.20. The van der Waals surface area contributed by atoms with Crippen LogP contribution in [0.2, 0.25) is 0 Å². The third-order valence-electron chi connectivity index (χ3n) is 1.78. The van der Waals surface area contributed by atoms with Gasteiger partial charge >= 0.3 is 0 Å². The highest BCUT2D eigenvalue weighted by Gasteiger charge is 2.10. The maximum atomic E-state index is 13.3. The third-order valence-corrected chi connectivity index (χ3v) is 4.09. The summed E-state index contributed by atoms with van der Waals surface area (Å²) in [5.41, 5.74) is 0.560. The van der Waals surface area contributed by atoms with Crippen molar-refractivity contribution < 1.29 is 9.18 Å². The first-order valence-electron chi connectivity index (χ1n) is 3.54. The van der Waals surface area contributed by atoms with Crippen molar-refractivity contribution in [3.8, 4) is 0 Å². The maximum absolute atomic E-state index is 13.3. The minimum atomic E-state index is -0.258. The van der Waals surface area contributed by atoms with Gasteiger partial charge in [-0.2, -0.15) is 0 Å². The average Bonchev–Trinajstić information content (AvgIpc) is 2.50.